The minimum absolute atomic E-state index is 0.754. The molecule has 0 saturated heterocycles. The van der Waals surface area contributed by atoms with Crippen LogP contribution in [-0.2, 0) is 13.0 Å². The molecule has 0 unspecified atom stereocenters. The summed E-state index contributed by atoms with van der Waals surface area (Å²) in [4.78, 5) is 0. The third kappa shape index (κ3) is 2.18. The molecule has 4 heteroatoms. The number of benzene rings is 2. The van der Waals surface area contributed by atoms with E-state index in [-0.39, 0.29) is 0 Å². The molecule has 0 aliphatic carbocycles. The molecule has 1 aliphatic rings. The standard InChI is InChI=1S/C20H20NO3/c1-22-18-6-4-5-14-12-21-8-7-13-9-19(23-2)20(24-3)11-15(13)17(21)10-16(14)18/h4-6,9-12H,7-8H2,1-3H3/q+1. The number of pyridine rings is 1. The van der Waals surface area contributed by atoms with Crippen LogP contribution in [0.1, 0.15) is 5.56 Å². The molecule has 0 fully saturated rings. The summed E-state index contributed by atoms with van der Waals surface area (Å²) in [6.45, 7) is 0.949. The van der Waals surface area contributed by atoms with Crippen LogP contribution in [0, 0.1) is 0 Å². The summed E-state index contributed by atoms with van der Waals surface area (Å²) in [5, 5.41) is 2.30. The second kappa shape index (κ2) is 5.71. The van der Waals surface area contributed by atoms with Gasteiger partial charge in [-0.1, -0.05) is 6.07 Å². The van der Waals surface area contributed by atoms with Gasteiger partial charge in [0.1, 0.15) is 5.75 Å². The van der Waals surface area contributed by atoms with Gasteiger partial charge in [0, 0.05) is 23.3 Å². The molecule has 0 bridgehead atoms. The Hall–Kier alpha value is -2.75. The minimum Gasteiger partial charge on any atom is -0.496 e. The zero-order valence-corrected chi connectivity index (χ0v) is 14.1. The highest BCUT2D eigenvalue weighted by molar-refractivity contribution is 5.89. The van der Waals surface area contributed by atoms with Gasteiger partial charge in [-0.05, 0) is 29.8 Å². The van der Waals surface area contributed by atoms with Crippen LogP contribution < -0.4 is 18.8 Å². The maximum absolute atomic E-state index is 5.53. The Morgan fingerprint density at radius 3 is 2.38 bits per heavy atom. The molecule has 0 saturated carbocycles. The van der Waals surface area contributed by atoms with E-state index >= 15 is 0 Å². The van der Waals surface area contributed by atoms with E-state index in [0.717, 1.165) is 35.6 Å². The van der Waals surface area contributed by atoms with Crippen molar-refractivity contribution in [3.8, 4) is 28.5 Å². The molecule has 0 atom stereocenters. The molecular weight excluding hydrogens is 302 g/mol. The van der Waals surface area contributed by atoms with Gasteiger partial charge in [-0.25, -0.2) is 0 Å². The normalized spacial score (nSPS) is 12.5. The smallest absolute Gasteiger partial charge is 0.213 e. The number of hydrogen-bond donors (Lipinski definition) is 0. The van der Waals surface area contributed by atoms with Gasteiger partial charge in [-0.15, -0.1) is 0 Å². The van der Waals surface area contributed by atoms with E-state index in [0.29, 0.717) is 0 Å². The van der Waals surface area contributed by atoms with Crippen LogP contribution in [-0.4, -0.2) is 21.3 Å². The Balaban J connectivity index is 1.98. The number of rotatable bonds is 3. The van der Waals surface area contributed by atoms with Gasteiger partial charge in [0.05, 0.1) is 26.9 Å². The summed E-state index contributed by atoms with van der Waals surface area (Å²) in [6.07, 6.45) is 3.18. The summed E-state index contributed by atoms with van der Waals surface area (Å²) in [5.41, 5.74) is 3.64. The monoisotopic (exact) mass is 322 g/mol. The number of nitrogens with zero attached hydrogens (tertiary/aromatic N) is 1. The van der Waals surface area contributed by atoms with Gasteiger partial charge >= 0.3 is 0 Å². The van der Waals surface area contributed by atoms with Crippen molar-refractivity contribution >= 4 is 10.8 Å². The first-order valence-corrected chi connectivity index (χ1v) is 8.00. The van der Waals surface area contributed by atoms with E-state index in [4.69, 9.17) is 14.2 Å². The molecule has 0 spiro atoms. The Morgan fingerprint density at radius 2 is 1.62 bits per heavy atom. The summed E-state index contributed by atoms with van der Waals surface area (Å²) in [5.74, 6) is 2.43. The molecular formula is C20H20NO3+. The lowest BCUT2D eigenvalue weighted by Crippen LogP contribution is -2.40. The summed E-state index contributed by atoms with van der Waals surface area (Å²) < 4.78 is 18.8. The van der Waals surface area contributed by atoms with Crippen molar-refractivity contribution in [2.45, 2.75) is 13.0 Å². The first kappa shape index (κ1) is 14.8. The van der Waals surface area contributed by atoms with E-state index in [2.05, 4.69) is 35.0 Å². The SMILES string of the molecule is COc1cc2c(cc1OC)-c1cc3c(OC)cccc3c[n+]1CC2. The highest BCUT2D eigenvalue weighted by Gasteiger charge is 2.26. The molecule has 3 aromatic rings. The minimum atomic E-state index is 0.754. The van der Waals surface area contributed by atoms with Crippen LogP contribution in [0.2, 0.25) is 0 Å². The van der Waals surface area contributed by atoms with Crippen molar-refractivity contribution in [1.29, 1.82) is 0 Å². The van der Waals surface area contributed by atoms with Crippen LogP contribution in [0.25, 0.3) is 22.0 Å². The van der Waals surface area contributed by atoms with Gasteiger partial charge in [0.2, 0.25) is 5.69 Å². The second-order valence-electron chi connectivity index (χ2n) is 5.93. The number of ether oxygens (including phenoxy) is 3. The number of fused-ring (bicyclic) bond motifs is 4. The average molecular weight is 322 g/mol. The summed E-state index contributed by atoms with van der Waals surface area (Å²) in [6, 6.07) is 12.5. The van der Waals surface area contributed by atoms with Gasteiger partial charge < -0.3 is 14.2 Å². The number of aryl methyl sites for hydroxylation is 2. The maximum Gasteiger partial charge on any atom is 0.213 e. The molecule has 0 radical (unpaired) electrons. The average Bonchev–Trinajstić information content (AvgIpc) is 2.64. The molecule has 24 heavy (non-hydrogen) atoms. The Kier molecular flexibility index (Phi) is 3.53. The zero-order chi connectivity index (χ0) is 16.7. The third-order valence-electron chi connectivity index (χ3n) is 4.71. The molecule has 1 aliphatic heterocycles. The largest absolute Gasteiger partial charge is 0.496 e. The highest BCUT2D eigenvalue weighted by Crippen LogP contribution is 2.38. The predicted octanol–water partition coefficient (Wildman–Crippen LogP) is 3.38. The van der Waals surface area contributed by atoms with Crippen molar-refractivity contribution in [1.82, 2.24) is 0 Å². The van der Waals surface area contributed by atoms with Crippen molar-refractivity contribution in [2.75, 3.05) is 21.3 Å². The van der Waals surface area contributed by atoms with Gasteiger partial charge in [-0.2, -0.15) is 4.57 Å². The lowest BCUT2D eigenvalue weighted by Gasteiger charge is -2.18. The maximum atomic E-state index is 5.53. The topological polar surface area (TPSA) is 31.6 Å². The third-order valence-corrected chi connectivity index (χ3v) is 4.71. The van der Waals surface area contributed by atoms with Crippen molar-refractivity contribution < 1.29 is 18.8 Å². The Morgan fingerprint density at radius 1 is 0.875 bits per heavy atom. The van der Waals surface area contributed by atoms with E-state index < -0.39 is 0 Å². The fourth-order valence-corrected chi connectivity index (χ4v) is 3.49. The van der Waals surface area contributed by atoms with Crippen LogP contribution in [0.4, 0.5) is 0 Å². The zero-order valence-electron chi connectivity index (χ0n) is 14.1. The fraction of sp³-hybridized carbons (Fsp3) is 0.250. The Labute approximate surface area is 141 Å². The molecule has 4 rings (SSSR count). The van der Waals surface area contributed by atoms with E-state index in [1.807, 2.05) is 12.1 Å². The molecule has 2 aromatic carbocycles. The molecule has 0 amide bonds. The fourth-order valence-electron chi connectivity index (χ4n) is 3.49. The Bertz CT molecular complexity index is 934. The predicted molar refractivity (Wildman–Crippen MR) is 92.9 cm³/mol. The van der Waals surface area contributed by atoms with Gasteiger partial charge in [0.25, 0.3) is 0 Å². The van der Waals surface area contributed by atoms with Crippen LogP contribution in [0.3, 0.4) is 0 Å². The van der Waals surface area contributed by atoms with Crippen molar-refractivity contribution in [2.24, 2.45) is 0 Å². The van der Waals surface area contributed by atoms with E-state index in [9.17, 15) is 0 Å². The molecule has 1 aromatic heterocycles. The summed E-state index contributed by atoms with van der Waals surface area (Å²) in [7, 11) is 5.06. The number of aromatic nitrogens is 1. The van der Waals surface area contributed by atoms with Gasteiger partial charge in [0.15, 0.2) is 24.2 Å². The number of hydrogen-bond acceptors (Lipinski definition) is 3. The van der Waals surface area contributed by atoms with Crippen LogP contribution >= 0.6 is 0 Å². The summed E-state index contributed by atoms with van der Waals surface area (Å²) >= 11 is 0. The molecule has 2 heterocycles. The molecule has 122 valence electrons. The molecule has 0 N–H and O–H groups in total. The van der Waals surface area contributed by atoms with Crippen molar-refractivity contribution in [3.63, 3.8) is 0 Å². The molecule has 4 nitrogen and oxygen atoms in total. The second-order valence-corrected chi connectivity index (χ2v) is 5.93. The first-order valence-electron chi connectivity index (χ1n) is 8.00. The van der Waals surface area contributed by atoms with Crippen LogP contribution in [0.5, 0.6) is 17.2 Å². The lowest BCUT2D eigenvalue weighted by atomic mass is 9.95. The van der Waals surface area contributed by atoms with E-state index in [1.54, 1.807) is 21.3 Å². The van der Waals surface area contributed by atoms with Crippen molar-refractivity contribution in [3.05, 3.63) is 48.2 Å². The highest BCUT2D eigenvalue weighted by atomic mass is 16.5. The lowest BCUT2D eigenvalue weighted by molar-refractivity contribution is -0.686. The van der Waals surface area contributed by atoms with Gasteiger partial charge in [-0.3, -0.25) is 0 Å². The number of methoxy groups -OCH3 is 3. The first-order chi connectivity index (χ1) is 11.7. The quantitative estimate of drug-likeness (QED) is 0.693. The van der Waals surface area contributed by atoms with E-state index in [1.165, 1.54) is 22.2 Å². The van der Waals surface area contributed by atoms with Crippen LogP contribution in [0.15, 0.2) is 42.6 Å².